The van der Waals surface area contributed by atoms with Crippen molar-refractivity contribution in [3.63, 3.8) is 0 Å². The van der Waals surface area contributed by atoms with E-state index in [0.29, 0.717) is 5.92 Å². The third-order valence-corrected chi connectivity index (χ3v) is 3.11. The van der Waals surface area contributed by atoms with Gasteiger partial charge in [-0.1, -0.05) is 88.6 Å². The van der Waals surface area contributed by atoms with Crippen molar-refractivity contribution in [2.45, 2.75) is 34.1 Å². The second kappa shape index (κ2) is 7.00. The zero-order chi connectivity index (χ0) is 11.4. The van der Waals surface area contributed by atoms with Gasteiger partial charge in [0.25, 0.3) is 0 Å². The van der Waals surface area contributed by atoms with Gasteiger partial charge in [-0.15, -0.1) is 0 Å². The summed E-state index contributed by atoms with van der Waals surface area (Å²) in [5.41, 5.74) is 1.35. The summed E-state index contributed by atoms with van der Waals surface area (Å²) in [6, 6.07) is 10.6. The Hall–Kier alpha value is -1.56. The molecule has 0 heteroatoms. The van der Waals surface area contributed by atoms with Crippen LogP contribution in [-0.2, 0) is 5.41 Å². The molecule has 0 spiro atoms. The number of allylic oxidation sites excluding steroid dienone is 6. The third kappa shape index (κ3) is 3.73. The molecule has 0 amide bonds. The number of benzene rings is 1. The Morgan fingerprint density at radius 3 is 2.22 bits per heavy atom. The van der Waals surface area contributed by atoms with Gasteiger partial charge in [0.05, 0.1) is 0 Å². The first-order valence-corrected chi connectivity index (χ1v) is 5.82. The topological polar surface area (TPSA) is 0 Å². The van der Waals surface area contributed by atoms with E-state index in [0.717, 1.165) is 0 Å². The van der Waals surface area contributed by atoms with Gasteiger partial charge in [0.2, 0.25) is 0 Å². The molecule has 0 aliphatic heterocycles. The van der Waals surface area contributed by atoms with Crippen molar-refractivity contribution in [3.05, 3.63) is 72.4 Å². The van der Waals surface area contributed by atoms with Gasteiger partial charge in [-0.05, 0) is 18.4 Å². The standard InChI is InChI=1S/C16H18.2CH4/c1-14-8-6-7-12-16(2,13-11-14)15-9-4-3-5-10-15;;/h3-14H,1-2H3;2*1H4/b8-6-,12-7-,13-11-;;/t14-,16?;;/m1../s1. The van der Waals surface area contributed by atoms with E-state index in [1.807, 2.05) is 0 Å². The van der Waals surface area contributed by atoms with Gasteiger partial charge in [0.15, 0.2) is 0 Å². The Morgan fingerprint density at radius 1 is 0.889 bits per heavy atom. The highest BCUT2D eigenvalue weighted by Crippen LogP contribution is 2.28. The molecule has 1 aliphatic rings. The third-order valence-electron chi connectivity index (χ3n) is 3.11. The van der Waals surface area contributed by atoms with Crippen LogP contribution in [0.3, 0.4) is 0 Å². The first-order valence-electron chi connectivity index (χ1n) is 5.82. The fraction of sp³-hybridized carbons (Fsp3) is 0.333. The van der Waals surface area contributed by atoms with Crippen LogP contribution in [0.25, 0.3) is 0 Å². The maximum atomic E-state index is 2.30. The number of rotatable bonds is 1. The molecule has 0 heterocycles. The predicted octanol–water partition coefficient (Wildman–Crippen LogP) is 5.53. The molecule has 0 radical (unpaired) electrons. The highest BCUT2D eigenvalue weighted by atomic mass is 14.2. The second-order valence-electron chi connectivity index (χ2n) is 4.61. The van der Waals surface area contributed by atoms with Gasteiger partial charge < -0.3 is 0 Å². The lowest BCUT2D eigenvalue weighted by Crippen LogP contribution is -2.16. The Balaban J connectivity index is 0.00000144. The van der Waals surface area contributed by atoms with Gasteiger partial charge in [0.1, 0.15) is 0 Å². The van der Waals surface area contributed by atoms with Gasteiger partial charge in [-0.3, -0.25) is 0 Å². The van der Waals surface area contributed by atoms with Crippen LogP contribution in [0.2, 0.25) is 0 Å². The second-order valence-corrected chi connectivity index (χ2v) is 4.61. The van der Waals surface area contributed by atoms with Crippen molar-refractivity contribution < 1.29 is 0 Å². The van der Waals surface area contributed by atoms with E-state index in [-0.39, 0.29) is 20.3 Å². The van der Waals surface area contributed by atoms with Crippen molar-refractivity contribution in [1.29, 1.82) is 0 Å². The van der Waals surface area contributed by atoms with Gasteiger partial charge in [0, 0.05) is 5.41 Å². The number of hydrogen-bond donors (Lipinski definition) is 0. The van der Waals surface area contributed by atoms with Gasteiger partial charge in [-0.25, -0.2) is 0 Å². The van der Waals surface area contributed by atoms with Gasteiger partial charge in [-0.2, -0.15) is 0 Å². The summed E-state index contributed by atoms with van der Waals surface area (Å²) < 4.78 is 0. The van der Waals surface area contributed by atoms with Gasteiger partial charge >= 0.3 is 0 Å². The van der Waals surface area contributed by atoms with Crippen LogP contribution in [0.1, 0.15) is 34.3 Å². The van der Waals surface area contributed by atoms with Crippen LogP contribution in [0.5, 0.6) is 0 Å². The van der Waals surface area contributed by atoms with E-state index in [1.54, 1.807) is 0 Å². The molecule has 18 heavy (non-hydrogen) atoms. The monoisotopic (exact) mass is 242 g/mol. The van der Waals surface area contributed by atoms with Crippen LogP contribution in [0.15, 0.2) is 66.8 Å². The molecule has 1 aliphatic carbocycles. The smallest absolute Gasteiger partial charge is 0.0287 e. The maximum absolute atomic E-state index is 2.30. The van der Waals surface area contributed by atoms with E-state index in [9.17, 15) is 0 Å². The molecule has 1 aromatic carbocycles. The minimum absolute atomic E-state index is 0. The van der Waals surface area contributed by atoms with Crippen molar-refractivity contribution >= 4 is 0 Å². The molecule has 0 bridgehead atoms. The first-order chi connectivity index (χ1) is 7.71. The van der Waals surface area contributed by atoms with E-state index in [2.05, 4.69) is 80.6 Å². The van der Waals surface area contributed by atoms with Crippen LogP contribution in [-0.4, -0.2) is 0 Å². The molecule has 0 nitrogen and oxygen atoms in total. The Bertz CT molecular complexity index is 423. The average molecular weight is 242 g/mol. The molecule has 98 valence electrons. The molecule has 0 fully saturated rings. The van der Waals surface area contributed by atoms with E-state index in [1.165, 1.54) is 5.56 Å². The molecule has 0 aromatic heterocycles. The molecule has 0 N–H and O–H groups in total. The van der Waals surface area contributed by atoms with Crippen molar-refractivity contribution in [2.75, 3.05) is 0 Å². The lowest BCUT2D eigenvalue weighted by Gasteiger charge is -2.24. The lowest BCUT2D eigenvalue weighted by atomic mass is 9.80. The average Bonchev–Trinajstić information content (AvgIpc) is 2.31. The molecule has 0 saturated heterocycles. The summed E-state index contributed by atoms with van der Waals surface area (Å²) in [5, 5.41) is 0. The molecule has 1 unspecified atom stereocenters. The maximum Gasteiger partial charge on any atom is 0.0287 e. The minimum Gasteiger partial charge on any atom is -0.0807 e. The largest absolute Gasteiger partial charge is 0.0807 e. The van der Waals surface area contributed by atoms with Crippen LogP contribution in [0.4, 0.5) is 0 Å². The fourth-order valence-corrected chi connectivity index (χ4v) is 1.96. The highest BCUT2D eigenvalue weighted by Gasteiger charge is 2.19. The zero-order valence-electron chi connectivity index (χ0n) is 9.93. The minimum atomic E-state index is 0. The Kier molecular flexibility index (Phi) is 6.40. The summed E-state index contributed by atoms with van der Waals surface area (Å²) in [7, 11) is 0. The molecular formula is C18H26. The molecule has 2 rings (SSSR count). The Labute approximate surface area is 113 Å². The molecule has 0 saturated carbocycles. The summed E-state index contributed by atoms with van der Waals surface area (Å²) in [5.74, 6) is 0.507. The van der Waals surface area contributed by atoms with Crippen molar-refractivity contribution in [1.82, 2.24) is 0 Å². The first kappa shape index (κ1) is 16.4. The SMILES string of the molecule is C.C.C[C@@H]1/C=C\C=C/C(C)(c2ccccc2)/C=C\1. The molecular weight excluding hydrogens is 216 g/mol. The van der Waals surface area contributed by atoms with Crippen LogP contribution in [0, 0.1) is 5.92 Å². The van der Waals surface area contributed by atoms with E-state index in [4.69, 9.17) is 0 Å². The zero-order valence-corrected chi connectivity index (χ0v) is 9.93. The lowest BCUT2D eigenvalue weighted by molar-refractivity contribution is 0.742. The molecule has 1 aromatic rings. The summed E-state index contributed by atoms with van der Waals surface area (Å²) in [6.45, 7) is 4.46. The van der Waals surface area contributed by atoms with E-state index < -0.39 is 0 Å². The predicted molar refractivity (Wildman–Crippen MR) is 83.8 cm³/mol. The highest BCUT2D eigenvalue weighted by molar-refractivity contribution is 5.37. The summed E-state index contributed by atoms with van der Waals surface area (Å²) >= 11 is 0. The quantitative estimate of drug-likeness (QED) is 0.568. The Morgan fingerprint density at radius 2 is 1.56 bits per heavy atom. The number of hydrogen-bond acceptors (Lipinski definition) is 0. The summed E-state index contributed by atoms with van der Waals surface area (Å²) in [4.78, 5) is 0. The van der Waals surface area contributed by atoms with Crippen LogP contribution < -0.4 is 0 Å². The summed E-state index contributed by atoms with van der Waals surface area (Å²) in [6.07, 6.45) is 13.3. The van der Waals surface area contributed by atoms with Crippen molar-refractivity contribution in [3.8, 4) is 0 Å². The van der Waals surface area contributed by atoms with Crippen LogP contribution >= 0.6 is 0 Å². The molecule has 2 atom stereocenters. The normalized spacial score (nSPS) is 30.9. The fourth-order valence-electron chi connectivity index (χ4n) is 1.96. The van der Waals surface area contributed by atoms with Crippen molar-refractivity contribution in [2.24, 2.45) is 5.92 Å². The van der Waals surface area contributed by atoms with E-state index >= 15 is 0 Å².